The van der Waals surface area contributed by atoms with Crippen molar-refractivity contribution in [2.24, 2.45) is 5.92 Å². The molecule has 3 aromatic rings. The highest BCUT2D eigenvalue weighted by Crippen LogP contribution is 2.41. The molecule has 31 heavy (non-hydrogen) atoms. The predicted octanol–water partition coefficient (Wildman–Crippen LogP) is 4.10. The maximum Gasteiger partial charge on any atom is 0.272 e. The second-order valence-corrected chi connectivity index (χ2v) is 7.53. The number of anilines is 2. The topological polar surface area (TPSA) is 102 Å². The molecule has 1 aromatic heterocycles. The van der Waals surface area contributed by atoms with Crippen molar-refractivity contribution >= 4 is 34.1 Å². The monoisotopic (exact) mass is 423 g/mol. The first-order chi connectivity index (χ1) is 14.9. The van der Waals surface area contributed by atoms with Gasteiger partial charge in [-0.3, -0.25) is 9.59 Å². The number of H-pyrrole nitrogens is 1. The Hall–Kier alpha value is -3.68. The third-order valence-corrected chi connectivity index (χ3v) is 5.39. The van der Waals surface area contributed by atoms with E-state index in [0.29, 0.717) is 45.2 Å². The van der Waals surface area contributed by atoms with Gasteiger partial charge in [-0.1, -0.05) is 6.07 Å². The van der Waals surface area contributed by atoms with Crippen molar-refractivity contribution in [3.63, 3.8) is 0 Å². The lowest BCUT2D eigenvalue weighted by molar-refractivity contribution is -0.117. The number of carbonyl (C=O) groups excluding carboxylic acids is 2. The third-order valence-electron chi connectivity index (χ3n) is 5.39. The number of amides is 2. The summed E-state index contributed by atoms with van der Waals surface area (Å²) >= 11 is 0. The van der Waals surface area contributed by atoms with Crippen LogP contribution >= 0.6 is 0 Å². The van der Waals surface area contributed by atoms with Gasteiger partial charge in [0.15, 0.2) is 11.5 Å². The molecule has 162 valence electrons. The Bertz CT molecular complexity index is 1160. The van der Waals surface area contributed by atoms with Gasteiger partial charge >= 0.3 is 0 Å². The smallest absolute Gasteiger partial charge is 0.272 e. The first-order valence-corrected chi connectivity index (χ1v) is 9.99. The Morgan fingerprint density at radius 1 is 0.968 bits per heavy atom. The number of fused-ring (bicyclic) bond motifs is 1. The van der Waals surface area contributed by atoms with Gasteiger partial charge in [0.1, 0.15) is 11.4 Å². The number of methoxy groups -OCH3 is 3. The minimum atomic E-state index is -0.326. The Labute approximate surface area is 179 Å². The largest absolute Gasteiger partial charge is 0.496 e. The molecule has 1 saturated carbocycles. The summed E-state index contributed by atoms with van der Waals surface area (Å²) in [5.41, 5.74) is 3.10. The van der Waals surface area contributed by atoms with Crippen molar-refractivity contribution in [1.29, 1.82) is 0 Å². The quantitative estimate of drug-likeness (QED) is 0.531. The van der Waals surface area contributed by atoms with Crippen molar-refractivity contribution < 1.29 is 23.8 Å². The van der Waals surface area contributed by atoms with Crippen LogP contribution in [0.5, 0.6) is 17.2 Å². The number of benzene rings is 2. The second kappa shape index (κ2) is 8.22. The lowest BCUT2D eigenvalue weighted by Gasteiger charge is -2.11. The van der Waals surface area contributed by atoms with E-state index in [4.69, 9.17) is 14.2 Å². The molecule has 0 saturated heterocycles. The van der Waals surface area contributed by atoms with E-state index in [0.717, 1.165) is 18.4 Å². The molecular formula is C23H25N3O5. The van der Waals surface area contributed by atoms with Crippen molar-refractivity contribution in [3.8, 4) is 17.2 Å². The molecule has 2 aromatic carbocycles. The van der Waals surface area contributed by atoms with Crippen LogP contribution in [-0.4, -0.2) is 38.1 Å². The molecule has 0 aliphatic heterocycles. The highest BCUT2D eigenvalue weighted by molar-refractivity contribution is 6.08. The summed E-state index contributed by atoms with van der Waals surface area (Å²) in [5.74, 6) is 1.34. The fourth-order valence-corrected chi connectivity index (χ4v) is 3.47. The molecule has 8 nitrogen and oxygen atoms in total. The van der Waals surface area contributed by atoms with Gasteiger partial charge in [0.25, 0.3) is 5.91 Å². The maximum atomic E-state index is 13.0. The molecule has 0 unspecified atom stereocenters. The van der Waals surface area contributed by atoms with Gasteiger partial charge in [-0.25, -0.2) is 0 Å². The van der Waals surface area contributed by atoms with Crippen LogP contribution in [0.15, 0.2) is 30.3 Å². The van der Waals surface area contributed by atoms with Gasteiger partial charge in [-0.05, 0) is 43.5 Å². The Balaban J connectivity index is 1.63. The van der Waals surface area contributed by atoms with Crippen LogP contribution in [0.1, 0.15) is 28.9 Å². The van der Waals surface area contributed by atoms with Gasteiger partial charge in [-0.2, -0.15) is 0 Å². The normalized spacial score (nSPS) is 13.0. The van der Waals surface area contributed by atoms with Crippen LogP contribution in [-0.2, 0) is 4.79 Å². The summed E-state index contributed by atoms with van der Waals surface area (Å²) in [7, 11) is 4.63. The number of hydrogen-bond acceptors (Lipinski definition) is 5. The Morgan fingerprint density at radius 3 is 2.35 bits per heavy atom. The molecule has 1 fully saturated rings. The molecule has 1 heterocycles. The van der Waals surface area contributed by atoms with Gasteiger partial charge in [0, 0.05) is 28.7 Å². The molecule has 0 spiro atoms. The summed E-state index contributed by atoms with van der Waals surface area (Å²) in [6.45, 7) is 1.89. The van der Waals surface area contributed by atoms with Crippen LogP contribution in [0, 0.1) is 12.8 Å². The minimum absolute atomic E-state index is 0.0184. The van der Waals surface area contributed by atoms with Gasteiger partial charge in [-0.15, -0.1) is 0 Å². The number of ether oxygens (including phenoxy) is 3. The maximum absolute atomic E-state index is 13.0. The van der Waals surface area contributed by atoms with Gasteiger partial charge in [0.05, 0.1) is 26.8 Å². The summed E-state index contributed by atoms with van der Waals surface area (Å²) in [6.07, 6.45) is 1.86. The van der Waals surface area contributed by atoms with E-state index < -0.39 is 0 Å². The molecule has 0 atom stereocenters. The van der Waals surface area contributed by atoms with Gasteiger partial charge < -0.3 is 29.8 Å². The average Bonchev–Trinajstić information content (AvgIpc) is 3.53. The van der Waals surface area contributed by atoms with Crippen LogP contribution in [0.2, 0.25) is 0 Å². The van der Waals surface area contributed by atoms with Crippen LogP contribution in [0.3, 0.4) is 0 Å². The average molecular weight is 423 g/mol. The number of hydrogen-bond donors (Lipinski definition) is 3. The first kappa shape index (κ1) is 20.6. The van der Waals surface area contributed by atoms with E-state index in [1.807, 2.05) is 19.1 Å². The molecule has 8 heteroatoms. The molecule has 1 aliphatic carbocycles. The van der Waals surface area contributed by atoms with E-state index in [1.54, 1.807) is 25.3 Å². The third kappa shape index (κ3) is 4.01. The zero-order valence-corrected chi connectivity index (χ0v) is 17.9. The number of carbonyl (C=O) groups is 2. The Kier molecular flexibility index (Phi) is 5.46. The van der Waals surface area contributed by atoms with Crippen LogP contribution in [0.4, 0.5) is 11.4 Å². The number of aromatic amines is 1. The first-order valence-electron chi connectivity index (χ1n) is 9.99. The number of nitrogens with one attached hydrogen (secondary N) is 3. The Morgan fingerprint density at radius 2 is 1.71 bits per heavy atom. The van der Waals surface area contributed by atoms with E-state index in [9.17, 15) is 9.59 Å². The molecule has 4 rings (SSSR count). The number of aromatic nitrogens is 1. The second-order valence-electron chi connectivity index (χ2n) is 7.53. The fraction of sp³-hybridized carbons (Fsp3) is 0.304. The van der Waals surface area contributed by atoms with E-state index in [2.05, 4.69) is 15.6 Å². The zero-order chi connectivity index (χ0) is 22.1. The molecule has 3 N–H and O–H groups in total. The highest BCUT2D eigenvalue weighted by Gasteiger charge is 2.29. The van der Waals surface area contributed by atoms with Gasteiger partial charge in [0.2, 0.25) is 5.91 Å². The van der Waals surface area contributed by atoms with Crippen molar-refractivity contribution in [3.05, 3.63) is 41.6 Å². The zero-order valence-electron chi connectivity index (χ0n) is 17.9. The molecule has 0 radical (unpaired) electrons. The number of aryl methyl sites for hydroxylation is 1. The summed E-state index contributed by atoms with van der Waals surface area (Å²) in [6, 6.07) is 8.88. The molecular weight excluding hydrogens is 398 g/mol. The highest BCUT2D eigenvalue weighted by atomic mass is 16.5. The molecule has 1 aliphatic rings. The summed E-state index contributed by atoms with van der Waals surface area (Å²) < 4.78 is 16.3. The van der Waals surface area contributed by atoms with Crippen LogP contribution < -0.4 is 24.8 Å². The predicted molar refractivity (Wildman–Crippen MR) is 118 cm³/mol. The number of rotatable bonds is 7. The molecule has 2 amide bonds. The van der Waals surface area contributed by atoms with Crippen molar-refractivity contribution in [2.45, 2.75) is 19.8 Å². The van der Waals surface area contributed by atoms with E-state index in [-0.39, 0.29) is 17.7 Å². The van der Waals surface area contributed by atoms with Crippen molar-refractivity contribution in [1.82, 2.24) is 4.98 Å². The van der Waals surface area contributed by atoms with Crippen LogP contribution in [0.25, 0.3) is 10.9 Å². The fourth-order valence-electron chi connectivity index (χ4n) is 3.47. The summed E-state index contributed by atoms with van der Waals surface area (Å²) in [4.78, 5) is 28.2. The van der Waals surface area contributed by atoms with Crippen molar-refractivity contribution in [2.75, 3.05) is 32.0 Å². The standard InChI is InChI=1S/C23H25N3O5/c1-12-5-8-14(24-22(27)13-6-7-13)9-16(12)26-23(28)17-10-15-18(29-2)11-19(30-3)21(31-4)20(15)25-17/h5,8-11,13,25H,6-7H2,1-4H3,(H,24,27)(H,26,28). The summed E-state index contributed by atoms with van der Waals surface area (Å²) in [5, 5.41) is 6.52. The SMILES string of the molecule is COc1cc(OC)c2cc(C(=O)Nc3cc(NC(=O)C4CC4)ccc3C)[nH]c2c1OC. The van der Waals surface area contributed by atoms with E-state index >= 15 is 0 Å². The molecule has 0 bridgehead atoms. The lowest BCUT2D eigenvalue weighted by Crippen LogP contribution is -2.15. The van der Waals surface area contributed by atoms with E-state index in [1.165, 1.54) is 14.2 Å². The minimum Gasteiger partial charge on any atom is -0.496 e. The lowest BCUT2D eigenvalue weighted by atomic mass is 10.1.